The molecule has 1 aliphatic rings. The van der Waals surface area contributed by atoms with Crippen molar-refractivity contribution in [1.82, 2.24) is 25.1 Å². The van der Waals surface area contributed by atoms with Crippen LogP contribution in [0.25, 0.3) is 20.4 Å². The zero-order chi connectivity index (χ0) is 21.8. The fourth-order valence-corrected chi connectivity index (χ4v) is 5.17. The molecule has 4 aromatic heterocycles. The maximum atomic E-state index is 14.8. The van der Waals surface area contributed by atoms with E-state index in [4.69, 9.17) is 4.74 Å². The van der Waals surface area contributed by atoms with Crippen molar-refractivity contribution in [2.45, 2.75) is 38.7 Å². The van der Waals surface area contributed by atoms with Gasteiger partial charge in [-0.15, -0.1) is 16.4 Å². The highest BCUT2D eigenvalue weighted by Gasteiger charge is 2.57. The van der Waals surface area contributed by atoms with Crippen molar-refractivity contribution in [1.29, 1.82) is 0 Å². The summed E-state index contributed by atoms with van der Waals surface area (Å²) in [5.74, 6) is -2.07. The van der Waals surface area contributed by atoms with E-state index in [-0.39, 0.29) is 13.0 Å². The van der Waals surface area contributed by atoms with Gasteiger partial charge in [-0.25, -0.2) is 18.7 Å². The minimum absolute atomic E-state index is 0.00285. The van der Waals surface area contributed by atoms with Gasteiger partial charge >= 0.3 is 0 Å². The Hall–Kier alpha value is -3.01. The van der Waals surface area contributed by atoms with Gasteiger partial charge in [0.2, 0.25) is 0 Å². The molecule has 0 spiro atoms. The van der Waals surface area contributed by atoms with Crippen LogP contribution >= 0.6 is 11.3 Å². The van der Waals surface area contributed by atoms with Gasteiger partial charge in [0.25, 0.3) is 5.92 Å². The molecule has 31 heavy (non-hydrogen) atoms. The number of aromatic nitrogens is 5. The highest BCUT2D eigenvalue weighted by Crippen LogP contribution is 2.44. The smallest absolute Gasteiger partial charge is 0.285 e. The zero-order valence-electron chi connectivity index (χ0n) is 17.3. The van der Waals surface area contributed by atoms with Crippen LogP contribution in [0.5, 0.6) is 5.75 Å². The van der Waals surface area contributed by atoms with E-state index in [1.54, 1.807) is 12.1 Å². The first-order valence-electron chi connectivity index (χ1n) is 9.88. The van der Waals surface area contributed by atoms with E-state index in [0.717, 1.165) is 38.6 Å². The van der Waals surface area contributed by atoms with E-state index in [1.165, 1.54) is 30.1 Å². The lowest BCUT2D eigenvalue weighted by Gasteiger charge is -2.35. The van der Waals surface area contributed by atoms with Crippen molar-refractivity contribution in [3.8, 4) is 5.75 Å². The summed E-state index contributed by atoms with van der Waals surface area (Å²) in [6, 6.07) is 3.18. The maximum absolute atomic E-state index is 14.8. The van der Waals surface area contributed by atoms with Gasteiger partial charge in [-0.3, -0.25) is 4.98 Å². The average molecular weight is 442 g/mol. The molecule has 0 radical (unpaired) electrons. The number of ether oxygens (including phenoxy) is 1. The van der Waals surface area contributed by atoms with Gasteiger partial charge in [0.1, 0.15) is 22.7 Å². The standard InChI is InChI=1S/C21H20F2N6OS/c1-12-13(2)27-28-19-15(12)16-17(31-19)18(26-11-25-16)29-9-6-21(10-29,20(3,22)23)30-14-4-7-24-8-5-14/h4-5,7-8,11H,6,9-10H2,1-3H3. The van der Waals surface area contributed by atoms with E-state index in [1.807, 2.05) is 18.7 Å². The SMILES string of the molecule is Cc1nnc2sc3c(N4CCC(Oc5ccncc5)(C(C)(F)F)C4)ncnc3c2c1C. The molecule has 5 rings (SSSR count). The number of nitrogens with zero attached hydrogens (tertiary/aromatic N) is 6. The van der Waals surface area contributed by atoms with Crippen LogP contribution in [-0.2, 0) is 0 Å². The number of pyridine rings is 1. The van der Waals surface area contributed by atoms with Crippen molar-refractivity contribution >= 4 is 37.6 Å². The Morgan fingerprint density at radius 1 is 1.16 bits per heavy atom. The predicted octanol–water partition coefficient (Wildman–Crippen LogP) is 4.33. The molecule has 1 atom stereocenters. The molecule has 0 N–H and O–H groups in total. The Morgan fingerprint density at radius 3 is 2.68 bits per heavy atom. The molecule has 0 bridgehead atoms. The number of fused-ring (bicyclic) bond motifs is 3. The highest BCUT2D eigenvalue weighted by atomic mass is 32.1. The largest absolute Gasteiger partial charge is 0.479 e. The molecule has 1 unspecified atom stereocenters. The van der Waals surface area contributed by atoms with Gasteiger partial charge in [0.15, 0.2) is 5.60 Å². The summed E-state index contributed by atoms with van der Waals surface area (Å²) in [4.78, 5) is 15.5. The molecule has 5 heterocycles. The summed E-state index contributed by atoms with van der Waals surface area (Å²) in [6.07, 6.45) is 4.69. The number of thiophene rings is 1. The quantitative estimate of drug-likeness (QED) is 0.466. The number of rotatable bonds is 4. The Morgan fingerprint density at radius 2 is 1.94 bits per heavy atom. The third-order valence-corrected chi connectivity index (χ3v) is 7.00. The number of anilines is 1. The molecule has 4 aromatic rings. The molecule has 0 amide bonds. The number of hydrogen-bond donors (Lipinski definition) is 0. The number of hydrogen-bond acceptors (Lipinski definition) is 8. The first-order chi connectivity index (χ1) is 14.8. The van der Waals surface area contributed by atoms with E-state index in [2.05, 4.69) is 25.1 Å². The van der Waals surface area contributed by atoms with Gasteiger partial charge < -0.3 is 9.64 Å². The van der Waals surface area contributed by atoms with Crippen LogP contribution in [0.1, 0.15) is 24.6 Å². The lowest BCUT2D eigenvalue weighted by atomic mass is 9.95. The predicted molar refractivity (Wildman–Crippen MR) is 115 cm³/mol. The van der Waals surface area contributed by atoms with Gasteiger partial charge in [0.05, 0.1) is 22.5 Å². The fraction of sp³-hybridized carbons (Fsp3) is 0.381. The van der Waals surface area contributed by atoms with Gasteiger partial charge in [-0.1, -0.05) is 0 Å². The van der Waals surface area contributed by atoms with Gasteiger partial charge in [-0.2, -0.15) is 5.10 Å². The van der Waals surface area contributed by atoms with Gasteiger partial charge in [0, 0.05) is 37.7 Å². The average Bonchev–Trinajstić information content (AvgIpc) is 3.34. The van der Waals surface area contributed by atoms with E-state index in [0.29, 0.717) is 18.1 Å². The van der Waals surface area contributed by atoms with Crippen LogP contribution in [-0.4, -0.2) is 49.8 Å². The first kappa shape index (κ1) is 19.9. The molecular weight excluding hydrogens is 422 g/mol. The molecule has 1 saturated heterocycles. The molecule has 0 aromatic carbocycles. The van der Waals surface area contributed by atoms with Crippen LogP contribution in [0.4, 0.5) is 14.6 Å². The molecule has 7 nitrogen and oxygen atoms in total. The van der Waals surface area contributed by atoms with Gasteiger partial charge in [-0.05, 0) is 31.5 Å². The lowest BCUT2D eigenvalue weighted by molar-refractivity contribution is -0.141. The van der Waals surface area contributed by atoms with Crippen molar-refractivity contribution < 1.29 is 13.5 Å². The second-order valence-electron chi connectivity index (χ2n) is 7.91. The summed E-state index contributed by atoms with van der Waals surface area (Å²) >= 11 is 1.43. The molecule has 0 aliphatic carbocycles. The van der Waals surface area contributed by atoms with Crippen molar-refractivity contribution in [3.05, 3.63) is 42.1 Å². The lowest BCUT2D eigenvalue weighted by Crippen LogP contribution is -2.53. The van der Waals surface area contributed by atoms with E-state index in [9.17, 15) is 8.78 Å². The van der Waals surface area contributed by atoms with Crippen LogP contribution in [0.3, 0.4) is 0 Å². The van der Waals surface area contributed by atoms with Crippen LogP contribution < -0.4 is 9.64 Å². The maximum Gasteiger partial charge on any atom is 0.285 e. The Labute approximate surface area is 181 Å². The summed E-state index contributed by atoms with van der Waals surface area (Å²) in [5.41, 5.74) is 0.951. The molecular formula is C21H20F2N6OS. The Kier molecular flexibility index (Phi) is 4.51. The summed E-state index contributed by atoms with van der Waals surface area (Å²) in [7, 11) is 0. The van der Waals surface area contributed by atoms with Crippen LogP contribution in [0.15, 0.2) is 30.9 Å². The molecule has 1 fully saturated rings. The minimum Gasteiger partial charge on any atom is -0.479 e. The van der Waals surface area contributed by atoms with Crippen molar-refractivity contribution in [2.24, 2.45) is 0 Å². The topological polar surface area (TPSA) is 76.9 Å². The molecule has 160 valence electrons. The first-order valence-corrected chi connectivity index (χ1v) is 10.7. The van der Waals surface area contributed by atoms with Crippen molar-refractivity contribution in [3.63, 3.8) is 0 Å². The molecule has 10 heteroatoms. The normalized spacial score (nSPS) is 19.5. The zero-order valence-corrected chi connectivity index (χ0v) is 18.1. The summed E-state index contributed by atoms with van der Waals surface area (Å²) in [6.45, 7) is 5.19. The second kappa shape index (κ2) is 7.01. The Bertz CT molecular complexity index is 1280. The summed E-state index contributed by atoms with van der Waals surface area (Å²) in [5, 5.41) is 9.45. The Balaban J connectivity index is 1.58. The van der Waals surface area contributed by atoms with Crippen molar-refractivity contribution in [2.75, 3.05) is 18.0 Å². The van der Waals surface area contributed by atoms with E-state index < -0.39 is 11.5 Å². The number of halogens is 2. The highest BCUT2D eigenvalue weighted by molar-refractivity contribution is 7.26. The van der Waals surface area contributed by atoms with E-state index >= 15 is 0 Å². The third kappa shape index (κ3) is 3.16. The van der Waals surface area contributed by atoms with Crippen LogP contribution in [0.2, 0.25) is 0 Å². The minimum atomic E-state index is -3.06. The summed E-state index contributed by atoms with van der Waals surface area (Å²) < 4.78 is 36.4. The third-order valence-electron chi connectivity index (χ3n) is 5.94. The number of alkyl halides is 2. The second-order valence-corrected chi connectivity index (χ2v) is 8.91. The number of aryl methyl sites for hydroxylation is 2. The van der Waals surface area contributed by atoms with Crippen LogP contribution in [0, 0.1) is 13.8 Å². The molecule has 1 aliphatic heterocycles. The molecule has 0 saturated carbocycles. The monoisotopic (exact) mass is 442 g/mol. The fourth-order valence-electron chi connectivity index (χ4n) is 4.02.